The molecule has 176 valence electrons. The van der Waals surface area contributed by atoms with Crippen LogP contribution in [0.4, 0.5) is 4.79 Å². The van der Waals surface area contributed by atoms with Crippen molar-refractivity contribution in [3.63, 3.8) is 0 Å². The summed E-state index contributed by atoms with van der Waals surface area (Å²) in [5.74, 6) is -1.15. The van der Waals surface area contributed by atoms with Gasteiger partial charge in [-0.05, 0) is 79.6 Å². The number of imide groups is 1. The van der Waals surface area contributed by atoms with Crippen LogP contribution in [0, 0.1) is 0 Å². The number of thioether (sulfide) groups is 1. The molecule has 0 spiro atoms. The zero-order chi connectivity index (χ0) is 24.2. The molecule has 0 radical (unpaired) electrons. The molecule has 2 fully saturated rings. The number of carbonyl (C=O) groups excluding carboxylic acids is 4. The minimum atomic E-state index is -0.589. The summed E-state index contributed by atoms with van der Waals surface area (Å²) >= 11 is 10.0. The van der Waals surface area contributed by atoms with Crippen molar-refractivity contribution >= 4 is 68.4 Å². The van der Waals surface area contributed by atoms with E-state index in [4.69, 9.17) is 16.3 Å². The van der Waals surface area contributed by atoms with Crippen molar-refractivity contribution in [2.75, 3.05) is 19.6 Å². The van der Waals surface area contributed by atoms with Crippen LogP contribution in [0.15, 0.2) is 51.8 Å². The predicted octanol–water partition coefficient (Wildman–Crippen LogP) is 5.37. The topological polar surface area (TPSA) is 84.0 Å². The minimum Gasteiger partial charge on any atom is -0.422 e. The van der Waals surface area contributed by atoms with Crippen molar-refractivity contribution in [2.45, 2.75) is 19.3 Å². The van der Waals surface area contributed by atoms with E-state index in [1.54, 1.807) is 47.4 Å². The third-order valence-electron chi connectivity index (χ3n) is 5.42. The predicted molar refractivity (Wildman–Crippen MR) is 134 cm³/mol. The Bertz CT molecular complexity index is 1180. The van der Waals surface area contributed by atoms with E-state index in [-0.39, 0.29) is 23.1 Å². The summed E-state index contributed by atoms with van der Waals surface area (Å²) in [6, 6.07) is 11.2. The summed E-state index contributed by atoms with van der Waals surface area (Å²) in [5.41, 5.74) is 0.749. The van der Waals surface area contributed by atoms with Gasteiger partial charge in [-0.3, -0.25) is 19.3 Å². The van der Waals surface area contributed by atoms with Gasteiger partial charge < -0.3 is 9.64 Å². The standard InChI is InChI=1S/C24H20BrClN2O5S/c25-17-6-9-19(33-23(31)15-4-7-18(26)8-5-15)16(12-17)13-20-22(30)28(24(32)34-20)14-21(29)27-10-2-1-3-11-27/h4-9,12-13H,1-3,10-11,14H2/b20-13-. The number of likely N-dealkylation sites (tertiary alicyclic amines) is 1. The average molecular weight is 564 g/mol. The molecule has 10 heteroatoms. The van der Waals surface area contributed by atoms with Crippen molar-refractivity contribution < 1.29 is 23.9 Å². The van der Waals surface area contributed by atoms with Crippen LogP contribution < -0.4 is 4.74 Å². The van der Waals surface area contributed by atoms with Gasteiger partial charge in [-0.1, -0.05) is 27.5 Å². The van der Waals surface area contributed by atoms with Gasteiger partial charge >= 0.3 is 5.97 Å². The zero-order valence-electron chi connectivity index (χ0n) is 18.0. The van der Waals surface area contributed by atoms with E-state index in [0.717, 1.165) is 35.9 Å². The Morgan fingerprint density at radius 3 is 2.47 bits per heavy atom. The van der Waals surface area contributed by atoms with Crippen LogP contribution >= 0.6 is 39.3 Å². The van der Waals surface area contributed by atoms with Crippen molar-refractivity contribution in [3.05, 3.63) is 68.0 Å². The van der Waals surface area contributed by atoms with Gasteiger partial charge in [-0.25, -0.2) is 4.79 Å². The number of hydrogen-bond donors (Lipinski definition) is 0. The molecule has 2 aromatic carbocycles. The lowest BCUT2D eigenvalue weighted by Crippen LogP contribution is -2.44. The van der Waals surface area contributed by atoms with Crippen LogP contribution in [-0.2, 0) is 9.59 Å². The zero-order valence-corrected chi connectivity index (χ0v) is 21.1. The molecule has 34 heavy (non-hydrogen) atoms. The Hall–Kier alpha value is -2.62. The van der Waals surface area contributed by atoms with Gasteiger partial charge in [0.25, 0.3) is 11.1 Å². The first kappa shape index (κ1) is 24.5. The normalized spacial score (nSPS) is 17.4. The first-order chi connectivity index (χ1) is 16.3. The molecule has 0 aromatic heterocycles. The fraction of sp³-hybridized carbons (Fsp3) is 0.250. The molecule has 0 unspecified atom stereocenters. The van der Waals surface area contributed by atoms with Gasteiger partial charge in [0.2, 0.25) is 5.91 Å². The van der Waals surface area contributed by atoms with Crippen LogP contribution in [0.2, 0.25) is 5.02 Å². The van der Waals surface area contributed by atoms with Crippen molar-refractivity contribution in [2.24, 2.45) is 0 Å². The molecular formula is C24H20BrClN2O5S. The van der Waals surface area contributed by atoms with Crippen LogP contribution in [0.25, 0.3) is 6.08 Å². The molecule has 0 N–H and O–H groups in total. The number of piperidine rings is 1. The van der Waals surface area contributed by atoms with Crippen LogP contribution in [0.3, 0.4) is 0 Å². The molecule has 0 atom stereocenters. The van der Waals surface area contributed by atoms with E-state index < -0.39 is 17.1 Å². The molecule has 2 heterocycles. The van der Waals surface area contributed by atoms with E-state index in [9.17, 15) is 19.2 Å². The molecule has 0 saturated carbocycles. The average Bonchev–Trinajstić information content (AvgIpc) is 3.09. The Kier molecular flexibility index (Phi) is 7.75. The van der Waals surface area contributed by atoms with Gasteiger partial charge in [0.1, 0.15) is 12.3 Å². The van der Waals surface area contributed by atoms with Crippen molar-refractivity contribution in [1.29, 1.82) is 0 Å². The van der Waals surface area contributed by atoms with E-state index in [0.29, 0.717) is 33.7 Å². The largest absolute Gasteiger partial charge is 0.422 e. The first-order valence-electron chi connectivity index (χ1n) is 10.6. The molecule has 4 rings (SSSR count). The smallest absolute Gasteiger partial charge is 0.343 e. The van der Waals surface area contributed by atoms with Crippen molar-refractivity contribution in [1.82, 2.24) is 9.80 Å². The second-order valence-electron chi connectivity index (χ2n) is 7.79. The van der Waals surface area contributed by atoms with E-state index in [1.165, 1.54) is 6.08 Å². The van der Waals surface area contributed by atoms with Crippen molar-refractivity contribution in [3.8, 4) is 5.75 Å². The molecular weight excluding hydrogens is 544 g/mol. The number of ether oxygens (including phenoxy) is 1. The summed E-state index contributed by atoms with van der Waals surface area (Å²) in [6.45, 7) is 1.01. The Morgan fingerprint density at radius 2 is 1.76 bits per heavy atom. The number of esters is 1. The number of hydrogen-bond acceptors (Lipinski definition) is 6. The lowest BCUT2D eigenvalue weighted by Gasteiger charge is -2.27. The maximum Gasteiger partial charge on any atom is 0.343 e. The molecule has 2 aromatic rings. The van der Waals surface area contributed by atoms with E-state index in [1.807, 2.05) is 0 Å². The number of rotatable bonds is 5. The van der Waals surface area contributed by atoms with Gasteiger partial charge in [0.15, 0.2) is 0 Å². The second kappa shape index (κ2) is 10.8. The summed E-state index contributed by atoms with van der Waals surface area (Å²) in [5, 5.41) is -0.00769. The maximum absolute atomic E-state index is 12.9. The molecule has 0 bridgehead atoms. The molecule has 3 amide bonds. The monoisotopic (exact) mass is 562 g/mol. The summed E-state index contributed by atoms with van der Waals surface area (Å²) in [6.07, 6.45) is 4.42. The van der Waals surface area contributed by atoms with Gasteiger partial charge in [0.05, 0.1) is 10.5 Å². The maximum atomic E-state index is 12.9. The highest BCUT2D eigenvalue weighted by Crippen LogP contribution is 2.35. The van der Waals surface area contributed by atoms with Gasteiger partial charge in [-0.2, -0.15) is 0 Å². The summed E-state index contributed by atoms with van der Waals surface area (Å²) in [4.78, 5) is 53.4. The SMILES string of the molecule is O=C(Oc1ccc(Br)cc1/C=C1\SC(=O)N(CC(=O)N2CCCCC2)C1=O)c1ccc(Cl)cc1. The van der Waals surface area contributed by atoms with Crippen LogP contribution in [0.1, 0.15) is 35.2 Å². The highest BCUT2D eigenvalue weighted by Gasteiger charge is 2.37. The third-order valence-corrected chi connectivity index (χ3v) is 7.07. The first-order valence-corrected chi connectivity index (χ1v) is 12.6. The van der Waals surface area contributed by atoms with Gasteiger partial charge in [0, 0.05) is 28.1 Å². The van der Waals surface area contributed by atoms with E-state index >= 15 is 0 Å². The lowest BCUT2D eigenvalue weighted by molar-refractivity contribution is -0.136. The Balaban J connectivity index is 1.52. The fourth-order valence-electron chi connectivity index (χ4n) is 3.63. The summed E-state index contributed by atoms with van der Waals surface area (Å²) < 4.78 is 6.24. The number of nitrogens with zero attached hydrogens (tertiary/aromatic N) is 2. The quantitative estimate of drug-likeness (QED) is 0.276. The van der Waals surface area contributed by atoms with E-state index in [2.05, 4.69) is 15.9 Å². The number of amides is 3. The number of halogens is 2. The highest BCUT2D eigenvalue weighted by molar-refractivity contribution is 9.10. The highest BCUT2D eigenvalue weighted by atomic mass is 79.9. The molecule has 2 saturated heterocycles. The molecule has 2 aliphatic rings. The Morgan fingerprint density at radius 1 is 1.06 bits per heavy atom. The Labute approximate surface area is 214 Å². The summed E-state index contributed by atoms with van der Waals surface area (Å²) in [7, 11) is 0. The van der Waals surface area contributed by atoms with Crippen LogP contribution in [0.5, 0.6) is 5.75 Å². The molecule has 7 nitrogen and oxygen atoms in total. The van der Waals surface area contributed by atoms with Gasteiger partial charge in [-0.15, -0.1) is 0 Å². The number of carbonyl (C=O) groups is 4. The van der Waals surface area contributed by atoms with Crippen LogP contribution in [-0.4, -0.2) is 52.5 Å². The lowest BCUT2D eigenvalue weighted by atomic mass is 10.1. The fourth-order valence-corrected chi connectivity index (χ4v) is 4.96. The number of benzene rings is 2. The minimum absolute atomic E-state index is 0.151. The molecule has 2 aliphatic heterocycles. The second-order valence-corrected chi connectivity index (χ2v) is 10.1. The molecule has 0 aliphatic carbocycles. The third kappa shape index (κ3) is 5.71.